The van der Waals surface area contributed by atoms with Gasteiger partial charge in [0.2, 0.25) is 5.84 Å². The number of hydrogen-bond acceptors (Lipinski definition) is 6. The standard InChI is InChI=1S/C21H15ClF2N4O3.ClH/c22-20-6-1-13(11-26-20)12-27-8-7-25-21(27)18(28(29)30)10-15-3-5-19(31-15)16-4-2-14(23)9-17(16)24;/h1-6,9-11H,7-8,12H2;1H/b18-10+;. The van der Waals surface area contributed by atoms with Crippen molar-refractivity contribution >= 4 is 35.9 Å². The summed E-state index contributed by atoms with van der Waals surface area (Å²) in [6, 6.07) is 9.47. The van der Waals surface area contributed by atoms with Gasteiger partial charge in [0, 0.05) is 25.4 Å². The lowest BCUT2D eigenvalue weighted by molar-refractivity contribution is -0.414. The van der Waals surface area contributed by atoms with E-state index in [1.807, 2.05) is 0 Å². The number of pyridine rings is 1. The molecular formula is C21H16Cl2F2N4O3. The molecule has 0 saturated carbocycles. The zero-order valence-electron chi connectivity index (χ0n) is 16.4. The van der Waals surface area contributed by atoms with E-state index in [4.69, 9.17) is 16.0 Å². The van der Waals surface area contributed by atoms with Gasteiger partial charge < -0.3 is 9.32 Å². The van der Waals surface area contributed by atoms with Crippen molar-refractivity contribution in [3.63, 3.8) is 0 Å². The Labute approximate surface area is 192 Å². The van der Waals surface area contributed by atoms with Crippen molar-refractivity contribution in [3.8, 4) is 11.3 Å². The molecule has 11 heteroatoms. The van der Waals surface area contributed by atoms with Gasteiger partial charge in [0.05, 0.1) is 23.1 Å². The SMILES string of the molecule is Cl.O=[N+]([O-])/C(=C/c1ccc(-c2ccc(F)cc2F)o1)C1=NCCN1Cc1ccc(Cl)nc1. The Bertz CT molecular complexity index is 1200. The maximum atomic E-state index is 14.0. The third-order valence-electron chi connectivity index (χ3n) is 4.62. The van der Waals surface area contributed by atoms with Gasteiger partial charge in [-0.05, 0) is 35.9 Å². The summed E-state index contributed by atoms with van der Waals surface area (Å²) in [6.07, 6.45) is 2.84. The summed E-state index contributed by atoms with van der Waals surface area (Å²) in [6.45, 7) is 1.29. The van der Waals surface area contributed by atoms with Gasteiger partial charge in [-0.1, -0.05) is 17.7 Å². The molecule has 0 aliphatic carbocycles. The van der Waals surface area contributed by atoms with Crippen LogP contribution in [0.5, 0.6) is 0 Å². The highest BCUT2D eigenvalue weighted by Crippen LogP contribution is 2.27. The van der Waals surface area contributed by atoms with Crippen LogP contribution in [0.1, 0.15) is 11.3 Å². The Balaban J connectivity index is 0.00000289. The van der Waals surface area contributed by atoms with Crippen LogP contribution in [0.25, 0.3) is 17.4 Å². The van der Waals surface area contributed by atoms with Crippen molar-refractivity contribution in [2.75, 3.05) is 13.1 Å². The van der Waals surface area contributed by atoms with Crippen LogP contribution in [-0.4, -0.2) is 33.7 Å². The van der Waals surface area contributed by atoms with Crippen LogP contribution < -0.4 is 0 Å². The lowest BCUT2D eigenvalue weighted by atomic mass is 10.1. The van der Waals surface area contributed by atoms with Gasteiger partial charge in [0.15, 0.2) is 0 Å². The van der Waals surface area contributed by atoms with Crippen molar-refractivity contribution in [2.24, 2.45) is 4.99 Å². The molecule has 0 radical (unpaired) electrons. The van der Waals surface area contributed by atoms with Gasteiger partial charge in [-0.3, -0.25) is 15.1 Å². The number of nitro groups is 1. The van der Waals surface area contributed by atoms with Gasteiger partial charge in [-0.25, -0.2) is 13.8 Å². The highest BCUT2D eigenvalue weighted by molar-refractivity contribution is 6.29. The average Bonchev–Trinajstić information content (AvgIpc) is 3.37. The van der Waals surface area contributed by atoms with Gasteiger partial charge in [-0.15, -0.1) is 12.4 Å². The maximum Gasteiger partial charge on any atom is 0.314 e. The molecule has 0 fully saturated rings. The van der Waals surface area contributed by atoms with Gasteiger partial charge >= 0.3 is 5.70 Å². The third-order valence-corrected chi connectivity index (χ3v) is 4.84. The second-order valence-corrected chi connectivity index (χ2v) is 7.12. The minimum Gasteiger partial charge on any atom is -0.456 e. The van der Waals surface area contributed by atoms with E-state index in [-0.39, 0.29) is 41.0 Å². The normalized spacial score (nSPS) is 13.7. The van der Waals surface area contributed by atoms with Crippen LogP contribution in [0.2, 0.25) is 5.15 Å². The molecule has 1 aliphatic heterocycles. The van der Waals surface area contributed by atoms with Crippen LogP contribution >= 0.6 is 24.0 Å². The Morgan fingerprint density at radius 1 is 1.25 bits per heavy atom. The first kappa shape index (κ1) is 23.4. The Morgan fingerprint density at radius 2 is 2.06 bits per heavy atom. The number of furan rings is 1. The molecule has 2 aromatic heterocycles. The quantitative estimate of drug-likeness (QED) is 0.274. The number of hydrogen-bond donors (Lipinski definition) is 0. The van der Waals surface area contributed by atoms with Gasteiger partial charge in [0.1, 0.15) is 28.3 Å². The van der Waals surface area contributed by atoms with Crippen LogP contribution in [0.15, 0.2) is 63.8 Å². The number of halogens is 4. The first-order valence-corrected chi connectivity index (χ1v) is 9.60. The van der Waals surface area contributed by atoms with E-state index in [9.17, 15) is 18.9 Å². The van der Waals surface area contributed by atoms with E-state index >= 15 is 0 Å². The minimum atomic E-state index is -0.790. The largest absolute Gasteiger partial charge is 0.456 e. The first-order chi connectivity index (χ1) is 14.9. The van der Waals surface area contributed by atoms with Crippen LogP contribution in [0.4, 0.5) is 8.78 Å². The third kappa shape index (κ3) is 5.12. The predicted molar refractivity (Wildman–Crippen MR) is 118 cm³/mol. The number of rotatable bonds is 6. The van der Waals surface area contributed by atoms with E-state index in [1.165, 1.54) is 24.3 Å². The van der Waals surface area contributed by atoms with Gasteiger partial charge in [0.25, 0.3) is 0 Å². The molecule has 3 heterocycles. The summed E-state index contributed by atoms with van der Waals surface area (Å²) in [4.78, 5) is 21.3. The predicted octanol–water partition coefficient (Wildman–Crippen LogP) is 5.23. The molecule has 0 bridgehead atoms. The van der Waals surface area contributed by atoms with Crippen LogP contribution in [0, 0.1) is 21.7 Å². The highest BCUT2D eigenvalue weighted by atomic mass is 35.5. The second-order valence-electron chi connectivity index (χ2n) is 6.73. The number of aromatic nitrogens is 1. The molecular weight excluding hydrogens is 465 g/mol. The van der Waals surface area contributed by atoms with E-state index in [1.54, 1.807) is 23.2 Å². The number of benzene rings is 1. The molecule has 0 amide bonds. The minimum absolute atomic E-state index is 0. The molecule has 4 rings (SSSR count). The van der Waals surface area contributed by atoms with Crippen molar-refractivity contribution in [1.29, 1.82) is 0 Å². The second kappa shape index (κ2) is 9.88. The molecule has 32 heavy (non-hydrogen) atoms. The molecule has 3 aromatic rings. The fourth-order valence-electron chi connectivity index (χ4n) is 3.20. The van der Waals surface area contributed by atoms with E-state index in [2.05, 4.69) is 9.98 Å². The smallest absolute Gasteiger partial charge is 0.314 e. The van der Waals surface area contributed by atoms with Crippen molar-refractivity contribution in [1.82, 2.24) is 9.88 Å². The number of aliphatic imine (C=N–C) groups is 1. The molecule has 0 atom stereocenters. The van der Waals surface area contributed by atoms with E-state index in [0.29, 0.717) is 24.8 Å². The van der Waals surface area contributed by atoms with Crippen LogP contribution in [0.3, 0.4) is 0 Å². The first-order valence-electron chi connectivity index (χ1n) is 9.22. The molecule has 1 aromatic carbocycles. The molecule has 0 saturated heterocycles. The molecule has 166 valence electrons. The Hall–Kier alpha value is -3.30. The summed E-state index contributed by atoms with van der Waals surface area (Å²) in [5, 5.41) is 12.1. The molecule has 1 aliphatic rings. The lowest BCUT2D eigenvalue weighted by Crippen LogP contribution is -2.30. The topological polar surface area (TPSA) is 84.8 Å². The van der Waals surface area contributed by atoms with E-state index < -0.39 is 16.6 Å². The number of amidine groups is 1. The zero-order chi connectivity index (χ0) is 22.0. The molecule has 0 spiro atoms. The van der Waals surface area contributed by atoms with Gasteiger partial charge in [-0.2, -0.15) is 0 Å². The fourth-order valence-corrected chi connectivity index (χ4v) is 3.31. The summed E-state index contributed by atoms with van der Waals surface area (Å²) in [5.74, 6) is -1.01. The zero-order valence-corrected chi connectivity index (χ0v) is 17.9. The summed E-state index contributed by atoms with van der Waals surface area (Å²) < 4.78 is 32.7. The average molecular weight is 481 g/mol. The van der Waals surface area contributed by atoms with Crippen LogP contribution in [-0.2, 0) is 6.54 Å². The Morgan fingerprint density at radius 3 is 2.75 bits per heavy atom. The molecule has 0 unspecified atom stereocenters. The van der Waals surface area contributed by atoms with Crippen molar-refractivity contribution < 1.29 is 18.1 Å². The number of nitrogens with zero attached hydrogens (tertiary/aromatic N) is 4. The fraction of sp³-hybridized carbons (Fsp3) is 0.143. The maximum absolute atomic E-state index is 14.0. The Kier molecular flexibility index (Phi) is 7.22. The van der Waals surface area contributed by atoms with E-state index in [0.717, 1.165) is 17.7 Å². The lowest BCUT2D eigenvalue weighted by Gasteiger charge is -2.18. The summed E-state index contributed by atoms with van der Waals surface area (Å²) in [7, 11) is 0. The molecule has 0 N–H and O–H groups in total. The monoisotopic (exact) mass is 480 g/mol. The van der Waals surface area contributed by atoms with Crippen molar-refractivity contribution in [2.45, 2.75) is 6.54 Å². The molecule has 7 nitrogen and oxygen atoms in total. The van der Waals surface area contributed by atoms with Crippen molar-refractivity contribution in [3.05, 3.63) is 92.6 Å². The summed E-state index contributed by atoms with van der Waals surface area (Å²) in [5.41, 5.74) is 0.632. The highest BCUT2D eigenvalue weighted by Gasteiger charge is 2.29. The summed E-state index contributed by atoms with van der Waals surface area (Å²) >= 11 is 5.80.